The first kappa shape index (κ1) is 14.1. The summed E-state index contributed by atoms with van der Waals surface area (Å²) in [4.78, 5) is 10.7. The van der Waals surface area contributed by atoms with Crippen LogP contribution in [0.1, 0.15) is 10.4 Å². The molecule has 0 fully saturated rings. The van der Waals surface area contributed by atoms with E-state index in [2.05, 4.69) is 0 Å². The number of carbonyl (C=O) groups is 1. The molecule has 0 spiro atoms. The molecule has 1 aromatic carbocycles. The molecule has 1 aromatic rings. The maximum absolute atomic E-state index is 10.7. The topological polar surface area (TPSA) is 46.5 Å². The molecule has 3 nitrogen and oxygen atoms in total. The van der Waals surface area contributed by atoms with Crippen molar-refractivity contribution in [3.05, 3.63) is 27.7 Å². The first-order valence-corrected chi connectivity index (χ1v) is 4.08. The van der Waals surface area contributed by atoms with Crippen LogP contribution in [0.3, 0.4) is 0 Å². The molecule has 0 aliphatic carbocycles. The second kappa shape index (κ2) is 5.83. The number of aromatic carboxylic acids is 1. The van der Waals surface area contributed by atoms with E-state index >= 15 is 0 Å². The van der Waals surface area contributed by atoms with Crippen LogP contribution >= 0.6 is 23.2 Å². The Hall–Kier alpha value is 0.0700. The van der Waals surface area contributed by atoms with Gasteiger partial charge in [-0.1, -0.05) is 23.2 Å². The molecule has 6 heteroatoms. The van der Waals surface area contributed by atoms with Gasteiger partial charge in [-0.25, -0.2) is 4.79 Å². The molecule has 1 rings (SSSR count). The molecule has 1 N–H and O–H groups in total. The number of ether oxygens (including phenoxy) is 1. The van der Waals surface area contributed by atoms with E-state index in [0.29, 0.717) is 0 Å². The Morgan fingerprint density at radius 1 is 1.36 bits per heavy atom. The van der Waals surface area contributed by atoms with Gasteiger partial charge in [0.05, 0.1) is 17.2 Å². The van der Waals surface area contributed by atoms with Gasteiger partial charge in [-0.2, -0.15) is 0 Å². The predicted octanol–water partition coefficient (Wildman–Crippen LogP) is 2.05. The van der Waals surface area contributed by atoms with Crippen molar-refractivity contribution in [3.8, 4) is 5.75 Å². The molecule has 0 aromatic heterocycles. The third-order valence-electron chi connectivity index (χ3n) is 1.48. The van der Waals surface area contributed by atoms with Gasteiger partial charge in [0, 0.05) is 0 Å². The summed E-state index contributed by atoms with van der Waals surface area (Å²) in [5.74, 6) is -1.08. The summed E-state index contributed by atoms with van der Waals surface area (Å²) in [5, 5.41) is 9.11. The summed E-state index contributed by atoms with van der Waals surface area (Å²) in [6.07, 6.45) is 0. The fourth-order valence-electron chi connectivity index (χ4n) is 0.932. The minimum atomic E-state index is -1.16. The summed E-state index contributed by atoms with van der Waals surface area (Å²) in [5.41, 5.74) is -0.114. The molecule has 14 heavy (non-hydrogen) atoms. The van der Waals surface area contributed by atoms with E-state index in [4.69, 9.17) is 33.0 Å². The first-order valence-electron chi connectivity index (χ1n) is 3.33. The SMILES string of the molecule is COc1c(Cl)ccc(Cl)c1C(=O)O.[NaH]. The van der Waals surface area contributed by atoms with Crippen molar-refractivity contribution in [2.45, 2.75) is 0 Å². The fourth-order valence-corrected chi connectivity index (χ4v) is 1.40. The molecular formula is C8H7Cl2NaO3. The number of halogens is 2. The number of carboxylic acid groups (broad SMARTS) is 1. The van der Waals surface area contributed by atoms with Crippen molar-refractivity contribution >= 4 is 58.7 Å². The van der Waals surface area contributed by atoms with E-state index < -0.39 is 5.97 Å². The summed E-state index contributed by atoms with van der Waals surface area (Å²) in [6, 6.07) is 2.89. The normalized spacial score (nSPS) is 9.07. The van der Waals surface area contributed by atoms with Gasteiger partial charge in [0.1, 0.15) is 5.56 Å². The number of rotatable bonds is 2. The first-order chi connectivity index (χ1) is 6.07. The van der Waals surface area contributed by atoms with Gasteiger partial charge in [-0.15, -0.1) is 0 Å². The van der Waals surface area contributed by atoms with Crippen LogP contribution in [0.5, 0.6) is 5.75 Å². The van der Waals surface area contributed by atoms with Crippen LogP contribution in [-0.4, -0.2) is 47.7 Å². The zero-order valence-electron chi connectivity index (χ0n) is 6.67. The molecule has 0 saturated heterocycles. The van der Waals surface area contributed by atoms with Gasteiger partial charge in [0.2, 0.25) is 0 Å². The fraction of sp³-hybridized carbons (Fsp3) is 0.125. The molecule has 0 saturated carbocycles. The number of benzene rings is 1. The molecule has 0 bridgehead atoms. The zero-order valence-corrected chi connectivity index (χ0v) is 8.19. The Labute approximate surface area is 113 Å². The van der Waals surface area contributed by atoms with E-state index in [9.17, 15) is 4.79 Å². The quantitative estimate of drug-likeness (QED) is 0.811. The van der Waals surface area contributed by atoms with Crippen molar-refractivity contribution in [2.75, 3.05) is 7.11 Å². The average Bonchev–Trinajstić information content (AvgIpc) is 2.07. The number of hydrogen-bond acceptors (Lipinski definition) is 2. The van der Waals surface area contributed by atoms with Gasteiger partial charge in [0.15, 0.2) is 5.75 Å². The van der Waals surface area contributed by atoms with Gasteiger partial charge in [-0.05, 0) is 12.1 Å². The average molecular weight is 245 g/mol. The molecule has 0 unspecified atom stereocenters. The monoisotopic (exact) mass is 244 g/mol. The Morgan fingerprint density at radius 2 is 1.86 bits per heavy atom. The maximum atomic E-state index is 10.7. The second-order valence-electron chi connectivity index (χ2n) is 2.24. The van der Waals surface area contributed by atoms with Gasteiger partial charge in [-0.3, -0.25) is 0 Å². The Balaban J connectivity index is 0.00000169. The second-order valence-corrected chi connectivity index (χ2v) is 3.06. The van der Waals surface area contributed by atoms with Crippen LogP contribution in [-0.2, 0) is 0 Å². The number of carboxylic acids is 1. The molecule has 0 radical (unpaired) electrons. The third kappa shape index (κ3) is 2.78. The van der Waals surface area contributed by atoms with E-state index in [1.54, 1.807) is 0 Å². The van der Waals surface area contributed by atoms with Crippen LogP contribution in [0.25, 0.3) is 0 Å². The van der Waals surface area contributed by atoms with Crippen molar-refractivity contribution in [2.24, 2.45) is 0 Å². The molecular weight excluding hydrogens is 238 g/mol. The summed E-state index contributed by atoms with van der Waals surface area (Å²) >= 11 is 11.4. The van der Waals surface area contributed by atoms with Crippen molar-refractivity contribution in [3.63, 3.8) is 0 Å². The summed E-state index contributed by atoms with van der Waals surface area (Å²) < 4.78 is 4.82. The van der Waals surface area contributed by atoms with Crippen molar-refractivity contribution in [1.82, 2.24) is 0 Å². The van der Waals surface area contributed by atoms with Crippen LogP contribution in [0.4, 0.5) is 0 Å². The van der Waals surface area contributed by atoms with E-state index in [1.807, 2.05) is 0 Å². The predicted molar refractivity (Wildman–Crippen MR) is 57.1 cm³/mol. The molecule has 0 aliphatic heterocycles. The van der Waals surface area contributed by atoms with Gasteiger partial charge in [0.25, 0.3) is 0 Å². The van der Waals surface area contributed by atoms with Crippen LogP contribution in [0.2, 0.25) is 10.0 Å². The third-order valence-corrected chi connectivity index (χ3v) is 2.09. The van der Waals surface area contributed by atoms with E-state index in [1.165, 1.54) is 19.2 Å². The molecule has 72 valence electrons. The molecule has 0 heterocycles. The molecule has 0 amide bonds. The van der Waals surface area contributed by atoms with Crippen LogP contribution < -0.4 is 4.74 Å². The number of hydrogen-bond donors (Lipinski definition) is 1. The Kier molecular flexibility index (Phi) is 5.86. The van der Waals surface area contributed by atoms with Crippen molar-refractivity contribution < 1.29 is 14.6 Å². The zero-order chi connectivity index (χ0) is 10.0. The standard InChI is InChI=1S/C8H6Cl2O3.Na.H/c1-13-7-5(10)3-2-4(9)6(7)8(11)12;;/h2-3H,1H3,(H,11,12);;. The Morgan fingerprint density at radius 3 is 2.21 bits per heavy atom. The number of methoxy groups -OCH3 is 1. The minimum absolute atomic E-state index is 0. The van der Waals surface area contributed by atoms with Crippen LogP contribution in [0, 0.1) is 0 Å². The summed E-state index contributed by atoms with van der Waals surface area (Å²) in [6.45, 7) is 0. The Bertz CT molecular complexity index is 355. The van der Waals surface area contributed by atoms with Crippen LogP contribution in [0.15, 0.2) is 12.1 Å². The van der Waals surface area contributed by atoms with Crippen molar-refractivity contribution in [1.29, 1.82) is 0 Å². The molecule has 0 aliphatic rings. The van der Waals surface area contributed by atoms with Gasteiger partial charge >= 0.3 is 35.5 Å². The molecule has 0 atom stereocenters. The summed E-state index contributed by atoms with van der Waals surface area (Å²) in [7, 11) is 1.34. The van der Waals surface area contributed by atoms with E-state index in [0.717, 1.165) is 0 Å². The van der Waals surface area contributed by atoms with E-state index in [-0.39, 0.29) is 50.9 Å². The van der Waals surface area contributed by atoms with Gasteiger partial charge < -0.3 is 9.84 Å².